The Labute approximate surface area is 77.4 Å². The highest BCUT2D eigenvalue weighted by molar-refractivity contribution is 7.71. The van der Waals surface area contributed by atoms with Gasteiger partial charge in [-0.3, -0.25) is 0 Å². The Morgan fingerprint density at radius 2 is 2.00 bits per heavy atom. The summed E-state index contributed by atoms with van der Waals surface area (Å²) in [5.41, 5.74) is 0.913. The largest absolute Gasteiger partial charge is 0.508 e. The number of rotatable bonds is 3. The predicted octanol–water partition coefficient (Wildman–Crippen LogP) is -0.00410. The molecule has 4 nitrogen and oxygen atoms in total. The maximum Gasteiger partial charge on any atom is 0.144 e. The first-order valence-electron chi connectivity index (χ1n) is 3.67. The topological polar surface area (TPSA) is 74.6 Å². The molecule has 0 aromatic heterocycles. The van der Waals surface area contributed by atoms with E-state index in [0.717, 1.165) is 0 Å². The zero-order valence-corrected chi connectivity index (χ0v) is 7.70. The first kappa shape index (κ1) is 10.0. The normalized spacial score (nSPS) is 10.6. The van der Waals surface area contributed by atoms with Crippen molar-refractivity contribution in [2.75, 3.05) is 0 Å². The van der Waals surface area contributed by atoms with E-state index in [4.69, 9.17) is 5.11 Å². The summed E-state index contributed by atoms with van der Waals surface area (Å²) in [7, 11) is -2.48. The highest BCUT2D eigenvalue weighted by Gasteiger charge is 2.01. The molecule has 0 atom stereocenters. The third kappa shape index (κ3) is 2.71. The number of thiol groups is 1. The fraction of sp³-hybridized carbons (Fsp3) is 0.250. The molecule has 1 aromatic carbocycles. The molecule has 5 heteroatoms. The van der Waals surface area contributed by atoms with Gasteiger partial charge in [0.2, 0.25) is 0 Å². The standard InChI is InChI=1S/C8H10O4S/c9-4-7-2-1-6(3-8(7)10)5-13(11)12/h1-3,9-10,13H,4-5H2. The average molecular weight is 202 g/mol. The van der Waals surface area contributed by atoms with E-state index in [1.807, 2.05) is 0 Å². The van der Waals surface area contributed by atoms with Crippen molar-refractivity contribution in [3.8, 4) is 5.75 Å². The van der Waals surface area contributed by atoms with Gasteiger partial charge in [0.15, 0.2) is 0 Å². The zero-order chi connectivity index (χ0) is 9.84. The fourth-order valence-corrected chi connectivity index (χ4v) is 1.49. The van der Waals surface area contributed by atoms with Crippen molar-refractivity contribution in [2.24, 2.45) is 0 Å². The van der Waals surface area contributed by atoms with Crippen molar-refractivity contribution >= 4 is 10.7 Å². The van der Waals surface area contributed by atoms with Crippen LogP contribution in [0.15, 0.2) is 18.2 Å². The summed E-state index contributed by atoms with van der Waals surface area (Å²) in [6, 6.07) is 4.41. The molecule has 0 aliphatic heterocycles. The molecule has 1 rings (SSSR count). The lowest BCUT2D eigenvalue weighted by Gasteiger charge is -2.02. The molecule has 13 heavy (non-hydrogen) atoms. The van der Waals surface area contributed by atoms with Gasteiger partial charge in [-0.1, -0.05) is 12.1 Å². The molecule has 0 fully saturated rings. The Bertz CT molecular complexity index is 362. The molecule has 0 unspecified atom stereocenters. The van der Waals surface area contributed by atoms with E-state index < -0.39 is 10.7 Å². The maximum atomic E-state index is 10.3. The molecule has 0 amide bonds. The molecule has 1 aromatic rings. The zero-order valence-electron chi connectivity index (χ0n) is 6.80. The maximum absolute atomic E-state index is 10.3. The van der Waals surface area contributed by atoms with Crippen molar-refractivity contribution in [1.29, 1.82) is 0 Å². The number of aromatic hydroxyl groups is 1. The molecule has 0 spiro atoms. The highest BCUT2D eigenvalue weighted by atomic mass is 32.2. The number of benzene rings is 1. The van der Waals surface area contributed by atoms with Crippen molar-refractivity contribution in [1.82, 2.24) is 0 Å². The van der Waals surface area contributed by atoms with Crippen LogP contribution in [-0.2, 0) is 23.1 Å². The second-order valence-electron chi connectivity index (χ2n) is 2.61. The summed E-state index contributed by atoms with van der Waals surface area (Å²) in [4.78, 5) is 0. The van der Waals surface area contributed by atoms with Gasteiger partial charge in [0.1, 0.15) is 16.5 Å². The van der Waals surface area contributed by atoms with Crippen LogP contribution in [0, 0.1) is 0 Å². The first-order valence-corrected chi connectivity index (χ1v) is 5.03. The minimum atomic E-state index is -2.48. The lowest BCUT2D eigenvalue weighted by atomic mass is 10.1. The molecule has 0 heterocycles. The number of aliphatic hydroxyl groups excluding tert-OH is 1. The van der Waals surface area contributed by atoms with Gasteiger partial charge < -0.3 is 10.2 Å². The van der Waals surface area contributed by atoms with E-state index in [9.17, 15) is 13.5 Å². The predicted molar refractivity (Wildman–Crippen MR) is 48.0 cm³/mol. The number of hydrogen-bond acceptors (Lipinski definition) is 4. The summed E-state index contributed by atoms with van der Waals surface area (Å²) in [6.07, 6.45) is 0. The van der Waals surface area contributed by atoms with Gasteiger partial charge in [0.05, 0.1) is 12.4 Å². The molecule has 0 aliphatic carbocycles. The van der Waals surface area contributed by atoms with E-state index in [-0.39, 0.29) is 18.1 Å². The minimum Gasteiger partial charge on any atom is -0.508 e. The summed E-state index contributed by atoms with van der Waals surface area (Å²) in [5.74, 6) is -0.161. The monoisotopic (exact) mass is 202 g/mol. The number of phenols is 1. The van der Waals surface area contributed by atoms with Gasteiger partial charge in [-0.2, -0.15) is 0 Å². The van der Waals surface area contributed by atoms with Gasteiger partial charge in [-0.25, -0.2) is 8.42 Å². The van der Waals surface area contributed by atoms with Crippen LogP contribution in [0.5, 0.6) is 5.75 Å². The molecule has 0 bridgehead atoms. The number of aliphatic hydroxyl groups is 1. The summed E-state index contributed by atoms with van der Waals surface area (Å²) >= 11 is 0. The molecule has 2 N–H and O–H groups in total. The van der Waals surface area contributed by atoms with Crippen LogP contribution in [0.1, 0.15) is 11.1 Å². The van der Waals surface area contributed by atoms with E-state index >= 15 is 0 Å². The van der Waals surface area contributed by atoms with Crippen LogP contribution in [0.3, 0.4) is 0 Å². The van der Waals surface area contributed by atoms with E-state index in [0.29, 0.717) is 11.1 Å². The van der Waals surface area contributed by atoms with Gasteiger partial charge in [0.25, 0.3) is 0 Å². The lowest BCUT2D eigenvalue weighted by molar-refractivity contribution is 0.275. The Kier molecular flexibility index (Phi) is 3.27. The molecule has 0 radical (unpaired) electrons. The molecule has 72 valence electrons. The second kappa shape index (κ2) is 4.25. The van der Waals surface area contributed by atoms with Crippen molar-refractivity contribution in [3.05, 3.63) is 29.3 Å². The quantitative estimate of drug-likeness (QED) is 0.603. The van der Waals surface area contributed by atoms with Gasteiger partial charge in [-0.15, -0.1) is 0 Å². The van der Waals surface area contributed by atoms with Gasteiger partial charge in [0, 0.05) is 5.56 Å². The van der Waals surface area contributed by atoms with Crippen LogP contribution in [-0.4, -0.2) is 18.6 Å². The van der Waals surface area contributed by atoms with Crippen molar-refractivity contribution < 1.29 is 18.6 Å². The van der Waals surface area contributed by atoms with E-state index in [2.05, 4.69) is 0 Å². The third-order valence-electron chi connectivity index (χ3n) is 1.63. The smallest absolute Gasteiger partial charge is 0.144 e. The molecular formula is C8H10O4S. The Morgan fingerprint density at radius 1 is 1.31 bits per heavy atom. The Morgan fingerprint density at radius 3 is 2.46 bits per heavy atom. The molecule has 0 saturated heterocycles. The second-order valence-corrected chi connectivity index (χ2v) is 3.59. The Hall–Kier alpha value is -1.07. The van der Waals surface area contributed by atoms with E-state index in [1.165, 1.54) is 12.1 Å². The summed E-state index contributed by atoms with van der Waals surface area (Å²) in [6.45, 7) is -0.254. The molecule has 0 aliphatic rings. The van der Waals surface area contributed by atoms with Crippen LogP contribution in [0.4, 0.5) is 0 Å². The third-order valence-corrected chi connectivity index (χ3v) is 2.26. The summed E-state index contributed by atoms with van der Waals surface area (Å²) in [5, 5.41) is 18.0. The van der Waals surface area contributed by atoms with Crippen LogP contribution >= 0.6 is 0 Å². The molecule has 0 saturated carbocycles. The van der Waals surface area contributed by atoms with Gasteiger partial charge >= 0.3 is 0 Å². The Balaban J connectivity index is 2.95. The minimum absolute atomic E-state index is 0.0724. The SMILES string of the molecule is O=[SH](=O)Cc1ccc(CO)c(O)c1. The lowest BCUT2D eigenvalue weighted by Crippen LogP contribution is -1.89. The molecular weight excluding hydrogens is 192 g/mol. The van der Waals surface area contributed by atoms with Crippen LogP contribution in [0.2, 0.25) is 0 Å². The first-order chi connectivity index (χ1) is 6.13. The van der Waals surface area contributed by atoms with Crippen LogP contribution in [0.25, 0.3) is 0 Å². The van der Waals surface area contributed by atoms with E-state index in [1.54, 1.807) is 6.07 Å². The average Bonchev–Trinajstić information content (AvgIpc) is 2.03. The van der Waals surface area contributed by atoms with Crippen LogP contribution < -0.4 is 0 Å². The van der Waals surface area contributed by atoms with Crippen molar-refractivity contribution in [3.63, 3.8) is 0 Å². The highest BCUT2D eigenvalue weighted by Crippen LogP contribution is 2.18. The fourth-order valence-electron chi connectivity index (χ4n) is 0.991. The summed E-state index contributed by atoms with van der Waals surface area (Å²) < 4.78 is 20.7. The van der Waals surface area contributed by atoms with Crippen molar-refractivity contribution in [2.45, 2.75) is 12.4 Å². The van der Waals surface area contributed by atoms with Gasteiger partial charge in [-0.05, 0) is 11.6 Å². The number of hydrogen-bond donors (Lipinski definition) is 3.